The molecule has 1 saturated heterocycles. The van der Waals surface area contributed by atoms with Gasteiger partial charge in [-0.2, -0.15) is 10.1 Å². The fourth-order valence-corrected chi connectivity index (χ4v) is 3.23. The standard InChI is InChI=1S/C20H30N6O2/c1-20(2,3)17-5-6-18(27)26(22-17)14-13-24-9-11-25(12-10-24)15-16-7-8-23(4)19(28)21-16/h5-8H,9-15H2,1-4H3. The van der Waals surface area contributed by atoms with E-state index in [0.29, 0.717) is 13.1 Å². The molecule has 1 aliphatic rings. The van der Waals surface area contributed by atoms with Crippen LogP contribution in [0.3, 0.4) is 0 Å². The van der Waals surface area contributed by atoms with Crippen molar-refractivity contribution in [1.82, 2.24) is 29.1 Å². The molecule has 2 aromatic rings. The lowest BCUT2D eigenvalue weighted by molar-refractivity contribution is 0.121. The van der Waals surface area contributed by atoms with Crippen LogP contribution in [0.2, 0.25) is 0 Å². The third kappa shape index (κ3) is 5.14. The Hall–Kier alpha value is -2.32. The maximum absolute atomic E-state index is 12.1. The Morgan fingerprint density at radius 2 is 1.64 bits per heavy atom. The van der Waals surface area contributed by atoms with Crippen molar-refractivity contribution in [2.24, 2.45) is 7.05 Å². The van der Waals surface area contributed by atoms with Crippen LogP contribution in [0.15, 0.2) is 34.0 Å². The Morgan fingerprint density at radius 1 is 0.964 bits per heavy atom. The summed E-state index contributed by atoms with van der Waals surface area (Å²) in [7, 11) is 1.70. The molecule has 8 nitrogen and oxygen atoms in total. The van der Waals surface area contributed by atoms with Gasteiger partial charge < -0.3 is 4.57 Å². The zero-order valence-electron chi connectivity index (χ0n) is 17.3. The van der Waals surface area contributed by atoms with Gasteiger partial charge in [0.15, 0.2) is 0 Å². The van der Waals surface area contributed by atoms with Crippen LogP contribution in [0, 0.1) is 0 Å². The van der Waals surface area contributed by atoms with E-state index < -0.39 is 0 Å². The first-order valence-corrected chi connectivity index (χ1v) is 9.78. The SMILES string of the molecule is Cn1ccc(CN2CCN(CCn3nc(C(C)(C)C)ccc3=O)CC2)nc1=O. The second kappa shape index (κ2) is 8.36. The van der Waals surface area contributed by atoms with Crippen molar-refractivity contribution < 1.29 is 0 Å². The summed E-state index contributed by atoms with van der Waals surface area (Å²) in [5, 5.41) is 4.54. The molecule has 0 spiro atoms. The van der Waals surface area contributed by atoms with Crippen LogP contribution in [0.25, 0.3) is 0 Å². The van der Waals surface area contributed by atoms with Crippen molar-refractivity contribution in [2.75, 3.05) is 32.7 Å². The van der Waals surface area contributed by atoms with E-state index in [2.05, 4.69) is 40.7 Å². The van der Waals surface area contributed by atoms with Gasteiger partial charge in [0.1, 0.15) is 0 Å². The molecule has 0 aromatic carbocycles. The van der Waals surface area contributed by atoms with Gasteiger partial charge in [-0.1, -0.05) is 20.8 Å². The largest absolute Gasteiger partial charge is 0.347 e. The summed E-state index contributed by atoms with van der Waals surface area (Å²) in [6, 6.07) is 5.33. The first-order valence-electron chi connectivity index (χ1n) is 9.78. The van der Waals surface area contributed by atoms with Crippen molar-refractivity contribution >= 4 is 0 Å². The molecule has 3 heterocycles. The number of aryl methyl sites for hydroxylation is 1. The topological polar surface area (TPSA) is 76.3 Å². The zero-order chi connectivity index (χ0) is 20.3. The third-order valence-corrected chi connectivity index (χ3v) is 5.15. The fraction of sp³-hybridized carbons (Fsp3) is 0.600. The average Bonchev–Trinajstić information content (AvgIpc) is 2.64. The van der Waals surface area contributed by atoms with Gasteiger partial charge in [-0.3, -0.25) is 14.6 Å². The summed E-state index contributed by atoms with van der Waals surface area (Å²) in [5.74, 6) is 0. The van der Waals surface area contributed by atoms with Gasteiger partial charge in [-0.15, -0.1) is 0 Å². The van der Waals surface area contributed by atoms with E-state index in [-0.39, 0.29) is 16.7 Å². The second-order valence-corrected chi connectivity index (χ2v) is 8.46. The molecule has 0 saturated carbocycles. The molecule has 2 aromatic heterocycles. The quantitative estimate of drug-likeness (QED) is 0.743. The number of rotatable bonds is 5. The monoisotopic (exact) mass is 386 g/mol. The summed E-state index contributed by atoms with van der Waals surface area (Å²) in [6.45, 7) is 12.1. The highest BCUT2D eigenvalue weighted by Gasteiger charge is 2.19. The molecular formula is C20H30N6O2. The number of piperazine rings is 1. The minimum atomic E-state index is -0.216. The molecule has 0 N–H and O–H groups in total. The summed E-state index contributed by atoms with van der Waals surface area (Å²) >= 11 is 0. The van der Waals surface area contributed by atoms with Crippen molar-refractivity contribution in [2.45, 2.75) is 39.3 Å². The number of hydrogen-bond donors (Lipinski definition) is 0. The predicted molar refractivity (Wildman–Crippen MR) is 108 cm³/mol. The van der Waals surface area contributed by atoms with E-state index in [1.165, 1.54) is 4.57 Å². The van der Waals surface area contributed by atoms with Crippen LogP contribution in [-0.4, -0.2) is 61.9 Å². The van der Waals surface area contributed by atoms with Crippen molar-refractivity contribution in [3.05, 3.63) is 56.6 Å². The molecule has 3 rings (SSSR count). The van der Waals surface area contributed by atoms with Crippen LogP contribution in [-0.2, 0) is 25.6 Å². The molecule has 8 heteroatoms. The van der Waals surface area contributed by atoms with E-state index in [1.807, 2.05) is 12.1 Å². The molecule has 0 radical (unpaired) electrons. The van der Waals surface area contributed by atoms with E-state index >= 15 is 0 Å². The Bertz CT molecular complexity index is 919. The van der Waals surface area contributed by atoms with Crippen LogP contribution in [0.4, 0.5) is 0 Å². The summed E-state index contributed by atoms with van der Waals surface area (Å²) in [4.78, 5) is 32.5. The van der Waals surface area contributed by atoms with Crippen LogP contribution in [0.5, 0.6) is 0 Å². The van der Waals surface area contributed by atoms with Crippen molar-refractivity contribution in [1.29, 1.82) is 0 Å². The summed E-state index contributed by atoms with van der Waals surface area (Å²) < 4.78 is 3.06. The number of aromatic nitrogens is 4. The molecule has 0 bridgehead atoms. The van der Waals surface area contributed by atoms with Gasteiger partial charge in [0.25, 0.3) is 5.56 Å². The van der Waals surface area contributed by atoms with Crippen molar-refractivity contribution in [3.63, 3.8) is 0 Å². The van der Waals surface area contributed by atoms with E-state index in [1.54, 1.807) is 24.0 Å². The summed E-state index contributed by atoms with van der Waals surface area (Å²) in [6.07, 6.45) is 1.76. The third-order valence-electron chi connectivity index (χ3n) is 5.15. The maximum Gasteiger partial charge on any atom is 0.347 e. The summed E-state index contributed by atoms with van der Waals surface area (Å²) in [5.41, 5.74) is 1.40. The van der Waals surface area contributed by atoms with Gasteiger partial charge >= 0.3 is 5.69 Å². The van der Waals surface area contributed by atoms with Crippen LogP contribution >= 0.6 is 0 Å². The molecule has 0 amide bonds. The molecular weight excluding hydrogens is 356 g/mol. The Kier molecular flexibility index (Phi) is 6.10. The fourth-order valence-electron chi connectivity index (χ4n) is 3.23. The molecule has 0 unspecified atom stereocenters. The van der Waals surface area contributed by atoms with Gasteiger partial charge in [-0.05, 0) is 12.1 Å². The van der Waals surface area contributed by atoms with Gasteiger partial charge in [0.05, 0.1) is 17.9 Å². The maximum atomic E-state index is 12.1. The lowest BCUT2D eigenvalue weighted by Crippen LogP contribution is -2.47. The minimum absolute atomic E-state index is 0.0524. The lowest BCUT2D eigenvalue weighted by atomic mass is 9.92. The number of nitrogens with zero attached hydrogens (tertiary/aromatic N) is 6. The van der Waals surface area contributed by atoms with E-state index in [9.17, 15) is 9.59 Å². The molecule has 0 atom stereocenters. The minimum Gasteiger partial charge on any atom is -0.302 e. The predicted octanol–water partition coefficient (Wildman–Crippen LogP) is 0.452. The molecule has 152 valence electrons. The highest BCUT2D eigenvalue weighted by Crippen LogP contribution is 2.18. The van der Waals surface area contributed by atoms with Gasteiger partial charge in [0, 0.05) is 64.0 Å². The smallest absolute Gasteiger partial charge is 0.302 e. The average molecular weight is 387 g/mol. The zero-order valence-corrected chi connectivity index (χ0v) is 17.3. The van der Waals surface area contributed by atoms with Gasteiger partial charge in [-0.25, -0.2) is 9.48 Å². The molecule has 1 fully saturated rings. The Morgan fingerprint density at radius 3 is 2.29 bits per heavy atom. The van der Waals surface area contributed by atoms with Crippen molar-refractivity contribution in [3.8, 4) is 0 Å². The van der Waals surface area contributed by atoms with Crippen LogP contribution in [0.1, 0.15) is 32.2 Å². The van der Waals surface area contributed by atoms with Crippen LogP contribution < -0.4 is 11.2 Å². The lowest BCUT2D eigenvalue weighted by Gasteiger charge is -2.34. The second-order valence-electron chi connectivity index (χ2n) is 8.46. The first-order chi connectivity index (χ1) is 13.2. The number of hydrogen-bond acceptors (Lipinski definition) is 6. The highest BCUT2D eigenvalue weighted by atomic mass is 16.1. The molecule has 1 aliphatic heterocycles. The van der Waals surface area contributed by atoms with E-state index in [4.69, 9.17) is 0 Å². The molecule has 0 aliphatic carbocycles. The highest BCUT2D eigenvalue weighted by molar-refractivity contribution is 5.10. The van der Waals surface area contributed by atoms with Gasteiger partial charge in [0.2, 0.25) is 0 Å². The normalized spacial score (nSPS) is 16.4. The Balaban J connectivity index is 1.51. The molecule has 28 heavy (non-hydrogen) atoms. The Labute approximate surface area is 165 Å². The first kappa shape index (κ1) is 20.4. The van der Waals surface area contributed by atoms with E-state index in [0.717, 1.165) is 44.1 Å².